The first kappa shape index (κ1) is 32.7. The van der Waals surface area contributed by atoms with Gasteiger partial charge >= 0.3 is 5.69 Å². The van der Waals surface area contributed by atoms with Crippen LogP contribution in [0, 0.1) is 17.2 Å². The van der Waals surface area contributed by atoms with Crippen LogP contribution >= 0.6 is 0 Å². The van der Waals surface area contributed by atoms with Gasteiger partial charge in [0, 0.05) is 44.0 Å². The summed E-state index contributed by atoms with van der Waals surface area (Å²) in [5, 5.41) is 23.0. The number of piperazine rings is 1. The van der Waals surface area contributed by atoms with Crippen LogP contribution in [0.3, 0.4) is 0 Å². The van der Waals surface area contributed by atoms with Crippen molar-refractivity contribution < 1.29 is 14.2 Å². The Balaban J connectivity index is 0.864. The smallest absolute Gasteiger partial charge is 0.350 e. The van der Waals surface area contributed by atoms with Crippen molar-refractivity contribution in [3.63, 3.8) is 0 Å². The first-order chi connectivity index (χ1) is 25.1. The molecule has 0 bridgehead atoms. The molecular weight excluding hydrogens is 646 g/mol. The fraction of sp³-hybridized carbons (Fsp3) is 0.395. The minimum atomic E-state index is -1.03. The van der Waals surface area contributed by atoms with Crippen LogP contribution in [0.15, 0.2) is 96.3 Å². The number of rotatable bonds is 11. The molecule has 4 heterocycles. The van der Waals surface area contributed by atoms with Gasteiger partial charge in [-0.1, -0.05) is 43.2 Å². The van der Waals surface area contributed by atoms with Crippen molar-refractivity contribution in [3.05, 3.63) is 113 Å². The standard InChI is InChI=1S/C38H41N9O4/c39-23-30-22-34(49-25-35-26-50-38(51-35,27-47-40-16-17-41-47)31-8-2-1-3-9-31)14-15-36(30)44-20-18-43(19-21-44)32-10-12-33(13-11-32)45-28-42-46(37(45)48)24-29-6-4-5-7-29/h1-3,8-17,22,28-29,35H,4-7,18-21,24-27H2/t35-,38-/m1/s1. The van der Waals surface area contributed by atoms with Gasteiger partial charge < -0.3 is 24.0 Å². The molecule has 2 aromatic heterocycles. The Labute approximate surface area is 296 Å². The summed E-state index contributed by atoms with van der Waals surface area (Å²) in [4.78, 5) is 19.1. The number of hydrogen-bond acceptors (Lipinski definition) is 10. The Hall–Kier alpha value is -5.45. The van der Waals surface area contributed by atoms with Crippen molar-refractivity contribution in [2.24, 2.45) is 5.92 Å². The molecule has 13 heteroatoms. The zero-order valence-corrected chi connectivity index (χ0v) is 28.5. The summed E-state index contributed by atoms with van der Waals surface area (Å²) in [5.41, 5.74) is 4.17. The monoisotopic (exact) mass is 687 g/mol. The van der Waals surface area contributed by atoms with Crippen LogP contribution in [-0.2, 0) is 28.4 Å². The predicted molar refractivity (Wildman–Crippen MR) is 190 cm³/mol. The predicted octanol–water partition coefficient (Wildman–Crippen LogP) is 4.36. The Morgan fingerprint density at radius 1 is 0.882 bits per heavy atom. The van der Waals surface area contributed by atoms with Crippen molar-refractivity contribution in [2.75, 3.05) is 49.2 Å². The molecule has 3 aliphatic rings. The van der Waals surface area contributed by atoms with E-state index in [4.69, 9.17) is 14.2 Å². The van der Waals surface area contributed by atoms with Crippen LogP contribution in [-0.4, -0.2) is 74.8 Å². The van der Waals surface area contributed by atoms with Gasteiger partial charge in [0.1, 0.15) is 37.4 Å². The minimum Gasteiger partial charge on any atom is -0.491 e. The topological polar surface area (TPSA) is 128 Å². The minimum absolute atomic E-state index is 0.0851. The van der Waals surface area contributed by atoms with E-state index in [0.29, 0.717) is 36.9 Å². The van der Waals surface area contributed by atoms with Crippen molar-refractivity contribution in [3.8, 4) is 17.5 Å². The maximum Gasteiger partial charge on any atom is 0.350 e. The van der Waals surface area contributed by atoms with E-state index < -0.39 is 5.79 Å². The molecule has 0 radical (unpaired) electrons. The Bertz CT molecular complexity index is 2010. The van der Waals surface area contributed by atoms with Crippen molar-refractivity contribution in [1.82, 2.24) is 29.3 Å². The quantitative estimate of drug-likeness (QED) is 0.198. The van der Waals surface area contributed by atoms with Crippen LogP contribution in [0.4, 0.5) is 11.4 Å². The van der Waals surface area contributed by atoms with E-state index in [9.17, 15) is 10.1 Å². The summed E-state index contributed by atoms with van der Waals surface area (Å²) in [6, 6.07) is 25.9. The molecular formula is C38H41N9O4. The lowest BCUT2D eigenvalue weighted by atomic mass is 10.1. The largest absolute Gasteiger partial charge is 0.491 e. The van der Waals surface area contributed by atoms with Gasteiger partial charge in [-0.3, -0.25) is 0 Å². The van der Waals surface area contributed by atoms with Crippen molar-refractivity contribution in [1.29, 1.82) is 5.26 Å². The second kappa shape index (κ2) is 14.4. The average Bonchev–Trinajstić information content (AvgIpc) is 4.02. The van der Waals surface area contributed by atoms with E-state index in [2.05, 4.69) is 43.3 Å². The average molecular weight is 688 g/mol. The summed E-state index contributed by atoms with van der Waals surface area (Å²) in [6.45, 7) is 4.75. The van der Waals surface area contributed by atoms with Gasteiger partial charge in [0.2, 0.25) is 5.79 Å². The first-order valence-electron chi connectivity index (χ1n) is 17.7. The second-order valence-electron chi connectivity index (χ2n) is 13.4. The molecule has 2 atom stereocenters. The molecule has 0 amide bonds. The molecule has 3 aromatic carbocycles. The number of nitriles is 1. The SMILES string of the molecule is N#Cc1cc(OC[C@@H]2CO[C@@](Cn3nccn3)(c3ccccc3)O2)ccc1N1CCN(c2ccc(-n3cnn(CC4CCCC4)c3=O)cc2)CC1. The van der Waals surface area contributed by atoms with Crippen LogP contribution in [0.2, 0.25) is 0 Å². The van der Waals surface area contributed by atoms with Gasteiger partial charge in [0.05, 0.1) is 35.9 Å². The van der Waals surface area contributed by atoms with E-state index >= 15 is 0 Å². The number of anilines is 2. The van der Waals surface area contributed by atoms with Gasteiger partial charge in [0.15, 0.2) is 0 Å². The van der Waals surface area contributed by atoms with Gasteiger partial charge in [0.25, 0.3) is 0 Å². The van der Waals surface area contributed by atoms with Gasteiger partial charge in [-0.2, -0.15) is 25.4 Å². The lowest BCUT2D eigenvalue weighted by Crippen LogP contribution is -2.46. The fourth-order valence-electron chi connectivity index (χ4n) is 7.44. The Morgan fingerprint density at radius 2 is 1.61 bits per heavy atom. The zero-order chi connectivity index (χ0) is 34.6. The number of nitrogens with zero attached hydrogens (tertiary/aromatic N) is 9. The molecule has 3 fully saturated rings. The molecule has 13 nitrogen and oxygen atoms in total. The van der Waals surface area contributed by atoms with Gasteiger partial charge in [-0.15, -0.1) is 0 Å². The molecule has 2 saturated heterocycles. The van der Waals surface area contributed by atoms with E-state index in [1.165, 1.54) is 25.7 Å². The highest BCUT2D eigenvalue weighted by molar-refractivity contribution is 5.63. The maximum atomic E-state index is 13.0. The maximum absolute atomic E-state index is 13.0. The Morgan fingerprint density at radius 3 is 2.35 bits per heavy atom. The number of ether oxygens (including phenoxy) is 3. The lowest BCUT2D eigenvalue weighted by Gasteiger charge is -2.37. The van der Waals surface area contributed by atoms with Gasteiger partial charge in [-0.25, -0.2) is 14.0 Å². The second-order valence-corrected chi connectivity index (χ2v) is 13.4. The number of hydrogen-bond donors (Lipinski definition) is 0. The van der Waals surface area contributed by atoms with E-state index in [1.807, 2.05) is 54.6 Å². The third kappa shape index (κ3) is 6.97. The zero-order valence-electron chi connectivity index (χ0n) is 28.5. The number of benzene rings is 3. The Kier molecular flexibility index (Phi) is 9.26. The molecule has 0 spiro atoms. The molecule has 2 aliphatic heterocycles. The summed E-state index contributed by atoms with van der Waals surface area (Å²) >= 11 is 0. The van der Waals surface area contributed by atoms with Crippen LogP contribution < -0.4 is 20.2 Å². The third-order valence-corrected chi connectivity index (χ3v) is 10.2. The summed E-state index contributed by atoms with van der Waals surface area (Å²) in [5.74, 6) is 0.124. The molecule has 262 valence electrons. The first-order valence-corrected chi connectivity index (χ1v) is 17.7. The van der Waals surface area contributed by atoms with Crippen molar-refractivity contribution in [2.45, 2.75) is 50.7 Å². The molecule has 1 saturated carbocycles. The summed E-state index contributed by atoms with van der Waals surface area (Å²) in [6.07, 6.45) is 9.40. The molecule has 0 unspecified atom stereocenters. The molecule has 8 rings (SSSR count). The van der Waals surface area contributed by atoms with Gasteiger partial charge in [-0.05, 0) is 61.2 Å². The summed E-state index contributed by atoms with van der Waals surface area (Å²) < 4.78 is 22.1. The van der Waals surface area contributed by atoms with E-state index in [0.717, 1.165) is 48.8 Å². The van der Waals surface area contributed by atoms with E-state index in [1.54, 1.807) is 38.8 Å². The van der Waals surface area contributed by atoms with Crippen LogP contribution in [0.1, 0.15) is 36.8 Å². The molecule has 0 N–H and O–H groups in total. The lowest BCUT2D eigenvalue weighted by molar-refractivity contribution is -0.192. The van der Waals surface area contributed by atoms with Crippen LogP contribution in [0.25, 0.3) is 5.69 Å². The molecule has 5 aromatic rings. The summed E-state index contributed by atoms with van der Waals surface area (Å²) in [7, 11) is 0. The fourth-order valence-corrected chi connectivity index (χ4v) is 7.44. The normalized spacial score (nSPS) is 20.9. The number of aromatic nitrogens is 6. The highest BCUT2D eigenvalue weighted by Crippen LogP contribution is 2.36. The third-order valence-electron chi connectivity index (χ3n) is 10.2. The molecule has 51 heavy (non-hydrogen) atoms. The van der Waals surface area contributed by atoms with Crippen LogP contribution in [0.5, 0.6) is 5.75 Å². The highest BCUT2D eigenvalue weighted by atomic mass is 16.8. The molecule has 1 aliphatic carbocycles. The van der Waals surface area contributed by atoms with Crippen molar-refractivity contribution >= 4 is 11.4 Å². The highest BCUT2D eigenvalue weighted by Gasteiger charge is 2.44. The van der Waals surface area contributed by atoms with E-state index in [-0.39, 0.29) is 18.4 Å².